The first-order chi connectivity index (χ1) is 7.74. The summed E-state index contributed by atoms with van der Waals surface area (Å²) in [7, 11) is 0. The molecule has 1 amide bonds. The summed E-state index contributed by atoms with van der Waals surface area (Å²) in [5, 5.41) is 8.92. The average molecular weight is 286 g/mol. The summed E-state index contributed by atoms with van der Waals surface area (Å²) in [4.78, 5) is 13.0. The van der Waals surface area contributed by atoms with E-state index in [9.17, 15) is 4.79 Å². The summed E-state index contributed by atoms with van der Waals surface area (Å²) in [6.07, 6.45) is -0.366. The van der Waals surface area contributed by atoms with Crippen LogP contribution in [-0.4, -0.2) is 35.9 Å². The average Bonchev–Trinajstić information content (AvgIpc) is 2.62. The molecule has 4 nitrogen and oxygen atoms in total. The third-order valence-corrected chi connectivity index (χ3v) is 3.30. The Morgan fingerprint density at radius 1 is 1.50 bits per heavy atom. The van der Waals surface area contributed by atoms with E-state index in [1.165, 1.54) is 0 Å². The van der Waals surface area contributed by atoms with E-state index >= 15 is 0 Å². The van der Waals surface area contributed by atoms with Gasteiger partial charge in [0.15, 0.2) is 0 Å². The molecule has 1 heterocycles. The predicted octanol–water partition coefficient (Wildman–Crippen LogP) is 1.93. The van der Waals surface area contributed by atoms with Crippen LogP contribution in [0, 0.1) is 0 Å². The number of β-amino-alcohol motifs (C(OH)–C–C–N with tert-alkyl or cyclic N) is 1. The zero-order chi connectivity index (χ0) is 11.5. The Hall–Kier alpha value is -1.07. The van der Waals surface area contributed by atoms with Gasteiger partial charge < -0.3 is 9.84 Å². The number of ether oxygens (including phenoxy) is 1. The maximum Gasteiger partial charge on any atom is 0.410 e. The Morgan fingerprint density at radius 3 is 2.94 bits per heavy atom. The molecule has 0 radical (unpaired) electrons. The molecule has 0 aliphatic carbocycles. The molecule has 1 saturated heterocycles. The number of hydrogen-bond acceptors (Lipinski definition) is 3. The van der Waals surface area contributed by atoms with Crippen molar-refractivity contribution in [1.82, 2.24) is 4.90 Å². The molecule has 2 rings (SSSR count). The Balaban J connectivity index is 2.27. The highest BCUT2D eigenvalue weighted by Crippen LogP contribution is 2.31. The Bertz CT molecular complexity index is 397. The first-order valence-corrected chi connectivity index (χ1v) is 5.82. The molecule has 1 atom stereocenters. The second-order valence-corrected chi connectivity index (χ2v) is 4.39. The smallest absolute Gasteiger partial charge is 0.410 e. The second kappa shape index (κ2) is 4.84. The van der Waals surface area contributed by atoms with Gasteiger partial charge in [-0.2, -0.15) is 0 Å². The van der Waals surface area contributed by atoms with Crippen molar-refractivity contribution < 1.29 is 14.6 Å². The lowest BCUT2D eigenvalue weighted by molar-refractivity contribution is 0.148. The number of aliphatic hydroxyl groups excluding tert-OH is 1. The molecular weight excluding hydrogens is 274 g/mol. The van der Waals surface area contributed by atoms with Crippen LogP contribution in [0.3, 0.4) is 0 Å². The van der Waals surface area contributed by atoms with Gasteiger partial charge in [-0.1, -0.05) is 34.1 Å². The molecule has 1 unspecified atom stereocenters. The first-order valence-electron chi connectivity index (χ1n) is 5.02. The maximum atomic E-state index is 11.4. The van der Waals surface area contributed by atoms with Crippen molar-refractivity contribution >= 4 is 22.0 Å². The molecule has 5 heteroatoms. The number of benzene rings is 1. The van der Waals surface area contributed by atoms with E-state index in [-0.39, 0.29) is 18.7 Å². The lowest BCUT2D eigenvalue weighted by Crippen LogP contribution is -2.30. The van der Waals surface area contributed by atoms with Crippen LogP contribution >= 0.6 is 15.9 Å². The van der Waals surface area contributed by atoms with Crippen molar-refractivity contribution in [3.05, 3.63) is 34.3 Å². The van der Waals surface area contributed by atoms with E-state index in [1.807, 2.05) is 24.3 Å². The minimum Gasteiger partial charge on any atom is -0.447 e. The highest BCUT2D eigenvalue weighted by Gasteiger charge is 2.34. The number of amides is 1. The predicted molar refractivity (Wildman–Crippen MR) is 62.0 cm³/mol. The highest BCUT2D eigenvalue weighted by molar-refractivity contribution is 9.10. The summed E-state index contributed by atoms with van der Waals surface area (Å²) in [5.41, 5.74) is 1.00. The van der Waals surface area contributed by atoms with Crippen molar-refractivity contribution in [3.63, 3.8) is 0 Å². The summed E-state index contributed by atoms with van der Waals surface area (Å²) >= 11 is 3.45. The van der Waals surface area contributed by atoms with Crippen LogP contribution < -0.4 is 0 Å². The van der Waals surface area contributed by atoms with Gasteiger partial charge in [-0.15, -0.1) is 0 Å². The second-order valence-electron chi connectivity index (χ2n) is 3.53. The third-order valence-electron chi connectivity index (χ3n) is 2.58. The molecule has 1 aromatic rings. The number of hydrogen-bond donors (Lipinski definition) is 1. The van der Waals surface area contributed by atoms with E-state index in [0.29, 0.717) is 13.2 Å². The quantitative estimate of drug-likeness (QED) is 0.923. The monoisotopic (exact) mass is 285 g/mol. The van der Waals surface area contributed by atoms with Crippen molar-refractivity contribution in [1.29, 1.82) is 0 Å². The van der Waals surface area contributed by atoms with Gasteiger partial charge in [-0.3, -0.25) is 4.90 Å². The number of carbonyl (C=O) groups excluding carboxylic acids is 1. The Labute approximate surface area is 102 Å². The molecule has 86 valence electrons. The fourth-order valence-corrected chi connectivity index (χ4v) is 2.36. The molecular formula is C11H12BrNO3. The normalized spacial score (nSPS) is 20.0. The number of nitrogens with zero attached hydrogens (tertiary/aromatic N) is 1. The van der Waals surface area contributed by atoms with Crippen LogP contribution in [0.25, 0.3) is 0 Å². The summed E-state index contributed by atoms with van der Waals surface area (Å²) in [6, 6.07) is 7.59. The van der Waals surface area contributed by atoms with Crippen molar-refractivity contribution in [2.45, 2.75) is 6.04 Å². The number of cyclic esters (lactones) is 1. The Morgan fingerprint density at radius 2 is 2.25 bits per heavy atom. The van der Waals surface area contributed by atoms with Gasteiger partial charge in [0, 0.05) is 11.0 Å². The molecule has 0 saturated carbocycles. The van der Waals surface area contributed by atoms with E-state index in [2.05, 4.69) is 15.9 Å². The molecule has 16 heavy (non-hydrogen) atoms. The van der Waals surface area contributed by atoms with Gasteiger partial charge in [-0.05, 0) is 11.6 Å². The summed E-state index contributed by atoms with van der Waals surface area (Å²) in [5.74, 6) is 0. The van der Waals surface area contributed by atoms with E-state index < -0.39 is 0 Å². The van der Waals surface area contributed by atoms with Crippen LogP contribution in [0.4, 0.5) is 4.79 Å². The van der Waals surface area contributed by atoms with Crippen LogP contribution in [0.15, 0.2) is 28.7 Å². The zero-order valence-corrected chi connectivity index (χ0v) is 10.2. The summed E-state index contributed by atoms with van der Waals surface area (Å²) in [6.45, 7) is 0.572. The lowest BCUT2D eigenvalue weighted by Gasteiger charge is -2.21. The van der Waals surface area contributed by atoms with Crippen molar-refractivity contribution in [2.75, 3.05) is 19.8 Å². The number of aliphatic hydroxyl groups is 1. The highest BCUT2D eigenvalue weighted by atomic mass is 79.9. The van der Waals surface area contributed by atoms with E-state index in [0.717, 1.165) is 10.0 Å². The van der Waals surface area contributed by atoms with Crippen LogP contribution in [0.2, 0.25) is 0 Å². The van der Waals surface area contributed by atoms with Gasteiger partial charge >= 0.3 is 6.09 Å². The topological polar surface area (TPSA) is 49.8 Å². The van der Waals surface area contributed by atoms with E-state index in [1.54, 1.807) is 4.90 Å². The fraction of sp³-hybridized carbons (Fsp3) is 0.364. The number of halogens is 1. The van der Waals surface area contributed by atoms with Gasteiger partial charge in [0.05, 0.1) is 12.6 Å². The van der Waals surface area contributed by atoms with Gasteiger partial charge in [0.25, 0.3) is 0 Å². The van der Waals surface area contributed by atoms with Crippen molar-refractivity contribution in [3.8, 4) is 0 Å². The molecule has 0 spiro atoms. The van der Waals surface area contributed by atoms with Gasteiger partial charge in [-0.25, -0.2) is 4.79 Å². The van der Waals surface area contributed by atoms with Crippen LogP contribution in [0.5, 0.6) is 0 Å². The molecule has 1 fully saturated rings. The lowest BCUT2D eigenvalue weighted by atomic mass is 10.1. The van der Waals surface area contributed by atoms with E-state index in [4.69, 9.17) is 9.84 Å². The zero-order valence-electron chi connectivity index (χ0n) is 8.60. The standard InChI is InChI=1S/C11H12BrNO3/c12-9-4-2-1-3-8(9)10-7-16-11(15)13(10)5-6-14/h1-4,10,14H,5-7H2. The molecule has 1 N–H and O–H groups in total. The molecule has 0 aromatic heterocycles. The summed E-state index contributed by atoms with van der Waals surface area (Å²) < 4.78 is 5.94. The SMILES string of the molecule is O=C1OCC(c2ccccc2Br)N1CCO. The minimum absolute atomic E-state index is 0.0595. The number of rotatable bonds is 3. The maximum absolute atomic E-state index is 11.4. The minimum atomic E-state index is -0.366. The fourth-order valence-electron chi connectivity index (χ4n) is 1.81. The van der Waals surface area contributed by atoms with Gasteiger partial charge in [0.2, 0.25) is 0 Å². The van der Waals surface area contributed by atoms with Crippen LogP contribution in [-0.2, 0) is 4.74 Å². The molecule has 1 aromatic carbocycles. The Kier molecular flexibility index (Phi) is 3.46. The molecule has 1 aliphatic heterocycles. The van der Waals surface area contributed by atoms with Gasteiger partial charge in [0.1, 0.15) is 6.61 Å². The van der Waals surface area contributed by atoms with Crippen molar-refractivity contribution in [2.24, 2.45) is 0 Å². The molecule has 0 bridgehead atoms. The van der Waals surface area contributed by atoms with Crippen LogP contribution in [0.1, 0.15) is 11.6 Å². The third kappa shape index (κ3) is 2.05. The molecule has 1 aliphatic rings. The number of carbonyl (C=O) groups is 1. The first kappa shape index (κ1) is 11.4. The largest absolute Gasteiger partial charge is 0.447 e.